The summed E-state index contributed by atoms with van der Waals surface area (Å²) in [5.74, 6) is 2.54. The molecule has 1 aliphatic rings. The van der Waals surface area contributed by atoms with Gasteiger partial charge >= 0.3 is 0 Å². The van der Waals surface area contributed by atoms with Gasteiger partial charge in [0.05, 0.1) is 12.9 Å². The fourth-order valence-electron chi connectivity index (χ4n) is 3.35. The topological polar surface area (TPSA) is 69.0 Å². The Balaban J connectivity index is 1.72. The second kappa shape index (κ2) is 9.26. The highest BCUT2D eigenvalue weighted by molar-refractivity contribution is 7.99. The third-order valence-electron chi connectivity index (χ3n) is 4.67. The molecule has 0 bridgehead atoms. The van der Waals surface area contributed by atoms with Crippen molar-refractivity contribution >= 4 is 17.7 Å². The lowest BCUT2D eigenvalue weighted by Crippen LogP contribution is -2.33. The van der Waals surface area contributed by atoms with E-state index in [4.69, 9.17) is 4.74 Å². The molecule has 0 saturated heterocycles. The van der Waals surface area contributed by atoms with Crippen LogP contribution < -0.4 is 10.1 Å². The molecule has 1 aromatic carbocycles. The van der Waals surface area contributed by atoms with Crippen LogP contribution in [0.25, 0.3) is 11.4 Å². The number of methoxy groups -OCH3 is 1. The number of amides is 1. The Morgan fingerprint density at radius 2 is 1.96 bits per heavy atom. The molecular weight excluding hydrogens is 360 g/mol. The van der Waals surface area contributed by atoms with E-state index in [9.17, 15) is 4.79 Å². The molecule has 0 radical (unpaired) electrons. The molecule has 1 fully saturated rings. The van der Waals surface area contributed by atoms with Crippen molar-refractivity contribution in [2.24, 2.45) is 5.92 Å². The quantitative estimate of drug-likeness (QED) is 0.697. The molecule has 0 spiro atoms. The first-order valence-corrected chi connectivity index (χ1v) is 10.5. The lowest BCUT2D eigenvalue weighted by Gasteiger charge is -2.14. The van der Waals surface area contributed by atoms with Crippen molar-refractivity contribution in [2.75, 3.05) is 12.9 Å². The van der Waals surface area contributed by atoms with Gasteiger partial charge in [-0.25, -0.2) is 0 Å². The number of nitrogens with zero attached hydrogens (tertiary/aromatic N) is 3. The third kappa shape index (κ3) is 5.25. The molecule has 7 heteroatoms. The molecule has 1 N–H and O–H groups in total. The smallest absolute Gasteiger partial charge is 0.230 e. The van der Waals surface area contributed by atoms with Crippen molar-refractivity contribution < 1.29 is 9.53 Å². The van der Waals surface area contributed by atoms with E-state index in [1.165, 1.54) is 24.6 Å². The van der Waals surface area contributed by atoms with Gasteiger partial charge in [0.2, 0.25) is 5.91 Å². The fraction of sp³-hybridized carbons (Fsp3) is 0.550. The number of hydrogen-bond acceptors (Lipinski definition) is 5. The van der Waals surface area contributed by atoms with E-state index in [0.717, 1.165) is 41.7 Å². The van der Waals surface area contributed by atoms with Crippen molar-refractivity contribution in [1.29, 1.82) is 0 Å². The molecule has 1 heterocycles. The first-order valence-electron chi connectivity index (χ1n) is 9.56. The van der Waals surface area contributed by atoms with Crippen LogP contribution in [0.2, 0.25) is 0 Å². The second-order valence-electron chi connectivity index (χ2n) is 7.38. The number of nitrogens with one attached hydrogen (secondary N) is 1. The second-order valence-corrected chi connectivity index (χ2v) is 8.32. The Morgan fingerprint density at radius 3 is 2.59 bits per heavy atom. The summed E-state index contributed by atoms with van der Waals surface area (Å²) in [6.07, 6.45) is 4.63. The number of ether oxygens (including phenoxy) is 1. The highest BCUT2D eigenvalue weighted by Crippen LogP contribution is 2.27. The summed E-state index contributed by atoms with van der Waals surface area (Å²) in [4.78, 5) is 12.2. The average Bonchev–Trinajstić information content (AvgIpc) is 3.30. The van der Waals surface area contributed by atoms with E-state index >= 15 is 0 Å². The van der Waals surface area contributed by atoms with Gasteiger partial charge in [0.1, 0.15) is 5.75 Å². The van der Waals surface area contributed by atoms with Crippen LogP contribution >= 0.6 is 11.8 Å². The zero-order chi connectivity index (χ0) is 19.2. The maximum absolute atomic E-state index is 12.2. The predicted octanol–water partition coefficient (Wildman–Crippen LogP) is 3.76. The summed E-state index contributed by atoms with van der Waals surface area (Å²) in [5.41, 5.74) is 0.992. The minimum atomic E-state index is 0.0806. The maximum Gasteiger partial charge on any atom is 0.230 e. The number of thioether (sulfide) groups is 1. The summed E-state index contributed by atoms with van der Waals surface area (Å²) >= 11 is 1.46. The largest absolute Gasteiger partial charge is 0.497 e. The molecule has 1 amide bonds. The van der Waals surface area contributed by atoms with Gasteiger partial charge in [-0.05, 0) is 43.0 Å². The maximum atomic E-state index is 12.2. The highest BCUT2D eigenvalue weighted by Gasteiger charge is 2.19. The number of rotatable bonds is 8. The third-order valence-corrected chi connectivity index (χ3v) is 5.63. The SMILES string of the molecule is COc1ccc(-c2nnc(SCC(=O)NC3CCCC3)n2CC(C)C)cc1. The molecule has 0 atom stereocenters. The molecule has 2 aromatic rings. The predicted molar refractivity (Wildman–Crippen MR) is 108 cm³/mol. The summed E-state index contributed by atoms with van der Waals surface area (Å²) < 4.78 is 7.34. The first kappa shape index (κ1) is 19.7. The van der Waals surface area contributed by atoms with Crippen LogP contribution in [0.1, 0.15) is 39.5 Å². The van der Waals surface area contributed by atoms with Gasteiger partial charge in [0.25, 0.3) is 0 Å². The monoisotopic (exact) mass is 388 g/mol. The lowest BCUT2D eigenvalue weighted by atomic mass is 10.2. The molecule has 6 nitrogen and oxygen atoms in total. The molecule has 1 aliphatic carbocycles. The average molecular weight is 389 g/mol. The van der Waals surface area contributed by atoms with Crippen LogP contribution in [-0.2, 0) is 11.3 Å². The van der Waals surface area contributed by atoms with Crippen molar-refractivity contribution in [3.63, 3.8) is 0 Å². The fourth-order valence-corrected chi connectivity index (χ4v) is 4.11. The van der Waals surface area contributed by atoms with Crippen LogP contribution in [0.4, 0.5) is 0 Å². The summed E-state index contributed by atoms with van der Waals surface area (Å²) in [6.45, 7) is 5.14. The molecule has 1 saturated carbocycles. The van der Waals surface area contributed by atoms with Gasteiger partial charge in [0, 0.05) is 18.2 Å². The Labute approximate surface area is 165 Å². The Bertz CT molecular complexity index is 752. The van der Waals surface area contributed by atoms with Gasteiger partial charge in [-0.1, -0.05) is 38.5 Å². The Kier molecular flexibility index (Phi) is 6.77. The molecule has 146 valence electrons. The van der Waals surface area contributed by atoms with Gasteiger partial charge in [-0.15, -0.1) is 10.2 Å². The minimum Gasteiger partial charge on any atom is -0.497 e. The van der Waals surface area contributed by atoms with Crippen molar-refractivity contribution in [3.05, 3.63) is 24.3 Å². The highest BCUT2D eigenvalue weighted by atomic mass is 32.2. The molecular formula is C20H28N4O2S. The summed E-state index contributed by atoms with van der Waals surface area (Å²) in [6, 6.07) is 8.17. The van der Waals surface area contributed by atoms with Crippen LogP contribution in [-0.4, -0.2) is 39.6 Å². The van der Waals surface area contributed by atoms with Crippen molar-refractivity contribution in [1.82, 2.24) is 20.1 Å². The van der Waals surface area contributed by atoms with E-state index in [1.54, 1.807) is 7.11 Å². The zero-order valence-electron chi connectivity index (χ0n) is 16.3. The lowest BCUT2D eigenvalue weighted by molar-refractivity contribution is -0.119. The van der Waals surface area contributed by atoms with Gasteiger partial charge < -0.3 is 14.6 Å². The number of benzene rings is 1. The number of carbonyl (C=O) groups is 1. The normalized spacial score (nSPS) is 14.7. The summed E-state index contributed by atoms with van der Waals surface area (Å²) in [5, 5.41) is 12.7. The van der Waals surface area contributed by atoms with E-state index in [0.29, 0.717) is 17.7 Å². The van der Waals surface area contributed by atoms with Crippen LogP contribution in [0.3, 0.4) is 0 Å². The summed E-state index contributed by atoms with van der Waals surface area (Å²) in [7, 11) is 1.65. The van der Waals surface area contributed by atoms with Crippen LogP contribution in [0, 0.1) is 5.92 Å². The first-order chi connectivity index (χ1) is 13.1. The van der Waals surface area contributed by atoms with Crippen LogP contribution in [0.15, 0.2) is 29.4 Å². The Hall–Kier alpha value is -2.02. The van der Waals surface area contributed by atoms with Gasteiger partial charge in [-0.2, -0.15) is 0 Å². The molecule has 0 unspecified atom stereocenters. The zero-order valence-corrected chi connectivity index (χ0v) is 17.1. The molecule has 27 heavy (non-hydrogen) atoms. The number of carbonyl (C=O) groups excluding carboxylic acids is 1. The van der Waals surface area contributed by atoms with E-state index in [1.807, 2.05) is 24.3 Å². The van der Waals surface area contributed by atoms with Crippen molar-refractivity contribution in [2.45, 2.75) is 57.3 Å². The van der Waals surface area contributed by atoms with Gasteiger partial charge in [0.15, 0.2) is 11.0 Å². The number of aromatic nitrogens is 3. The molecule has 1 aromatic heterocycles. The molecule has 0 aliphatic heterocycles. The van der Waals surface area contributed by atoms with E-state index in [2.05, 4.69) is 33.9 Å². The minimum absolute atomic E-state index is 0.0806. The van der Waals surface area contributed by atoms with Crippen molar-refractivity contribution in [3.8, 4) is 17.1 Å². The van der Waals surface area contributed by atoms with E-state index < -0.39 is 0 Å². The number of hydrogen-bond donors (Lipinski definition) is 1. The standard InChI is InChI=1S/C20H28N4O2S/c1-14(2)12-24-19(15-8-10-17(26-3)11-9-15)22-23-20(24)27-13-18(25)21-16-6-4-5-7-16/h8-11,14,16H,4-7,12-13H2,1-3H3,(H,21,25). The van der Waals surface area contributed by atoms with Gasteiger partial charge in [-0.3, -0.25) is 4.79 Å². The molecule has 3 rings (SSSR count). The Morgan fingerprint density at radius 1 is 1.26 bits per heavy atom. The van der Waals surface area contributed by atoms with E-state index in [-0.39, 0.29) is 5.91 Å². The van der Waals surface area contributed by atoms with Crippen LogP contribution in [0.5, 0.6) is 5.75 Å².